The summed E-state index contributed by atoms with van der Waals surface area (Å²) in [4.78, 5) is 15.5. The molecular formula is C13H18ClN3OS. The van der Waals surface area contributed by atoms with Crippen molar-refractivity contribution >= 4 is 40.4 Å². The van der Waals surface area contributed by atoms with Crippen molar-refractivity contribution in [1.29, 1.82) is 0 Å². The van der Waals surface area contributed by atoms with Gasteiger partial charge in [-0.25, -0.2) is 0 Å². The molecule has 0 spiro atoms. The smallest absolute Gasteiger partial charge is 0.241 e. The summed E-state index contributed by atoms with van der Waals surface area (Å²) in [6, 6.07) is 5.43. The Morgan fingerprint density at radius 1 is 1.42 bits per heavy atom. The van der Waals surface area contributed by atoms with Gasteiger partial charge >= 0.3 is 0 Å². The number of thiocarbonyl (C=S) groups is 1. The molecule has 19 heavy (non-hydrogen) atoms. The number of likely N-dealkylation sites (N-methyl/N-ethyl adjacent to an activating group) is 2. The molecule has 0 aromatic heterocycles. The molecule has 0 atom stereocenters. The summed E-state index contributed by atoms with van der Waals surface area (Å²) in [5, 5.41) is 0.501. The van der Waals surface area contributed by atoms with Gasteiger partial charge in [0.15, 0.2) is 0 Å². The first-order valence-electron chi connectivity index (χ1n) is 5.91. The molecule has 0 saturated heterocycles. The predicted octanol–water partition coefficient (Wildman–Crippen LogP) is 1.89. The molecule has 0 aliphatic carbocycles. The van der Waals surface area contributed by atoms with Crippen molar-refractivity contribution in [2.75, 3.05) is 32.1 Å². The summed E-state index contributed by atoms with van der Waals surface area (Å²) < 4.78 is 0. The Morgan fingerprint density at radius 3 is 2.53 bits per heavy atom. The van der Waals surface area contributed by atoms with E-state index >= 15 is 0 Å². The zero-order valence-corrected chi connectivity index (χ0v) is 12.9. The third kappa shape index (κ3) is 3.81. The van der Waals surface area contributed by atoms with Crippen LogP contribution in [0.1, 0.15) is 12.5 Å². The van der Waals surface area contributed by atoms with Gasteiger partial charge in [0.1, 0.15) is 4.99 Å². The van der Waals surface area contributed by atoms with E-state index in [9.17, 15) is 4.79 Å². The Bertz CT molecular complexity index is 491. The van der Waals surface area contributed by atoms with Gasteiger partial charge in [0.2, 0.25) is 5.91 Å². The third-order valence-electron chi connectivity index (χ3n) is 2.79. The molecular weight excluding hydrogens is 282 g/mol. The van der Waals surface area contributed by atoms with E-state index in [1.165, 1.54) is 0 Å². The highest BCUT2D eigenvalue weighted by Crippen LogP contribution is 2.27. The first-order valence-corrected chi connectivity index (χ1v) is 6.70. The minimum absolute atomic E-state index is 0.00992. The van der Waals surface area contributed by atoms with Crippen LogP contribution in [-0.2, 0) is 4.79 Å². The van der Waals surface area contributed by atoms with Crippen molar-refractivity contribution < 1.29 is 4.79 Å². The standard InChI is InChI=1S/C13H18ClN3OS/c1-4-17(8-11(18)16(2)3)10-7-5-6-9(14)12(10)13(15)19/h5-7H,4,8H2,1-3H3,(H2,15,19). The van der Waals surface area contributed by atoms with Crippen LogP contribution in [0.2, 0.25) is 5.02 Å². The second-order valence-electron chi connectivity index (χ2n) is 4.30. The summed E-state index contributed by atoms with van der Waals surface area (Å²) in [6.45, 7) is 2.89. The molecule has 0 saturated carbocycles. The quantitative estimate of drug-likeness (QED) is 0.844. The zero-order valence-electron chi connectivity index (χ0n) is 11.3. The Labute approximate surface area is 124 Å². The predicted molar refractivity (Wildman–Crippen MR) is 83.9 cm³/mol. The third-order valence-corrected chi connectivity index (χ3v) is 3.30. The van der Waals surface area contributed by atoms with E-state index in [4.69, 9.17) is 29.6 Å². The van der Waals surface area contributed by atoms with E-state index in [0.717, 1.165) is 5.69 Å². The van der Waals surface area contributed by atoms with Crippen LogP contribution in [-0.4, -0.2) is 43.0 Å². The molecule has 104 valence electrons. The topological polar surface area (TPSA) is 49.6 Å². The van der Waals surface area contributed by atoms with E-state index in [1.54, 1.807) is 25.1 Å². The fourth-order valence-electron chi connectivity index (χ4n) is 1.69. The van der Waals surface area contributed by atoms with E-state index in [-0.39, 0.29) is 17.4 Å². The number of carbonyl (C=O) groups is 1. The Morgan fingerprint density at radius 2 is 2.05 bits per heavy atom. The van der Waals surface area contributed by atoms with Gasteiger partial charge in [-0.2, -0.15) is 0 Å². The molecule has 6 heteroatoms. The molecule has 0 unspecified atom stereocenters. The van der Waals surface area contributed by atoms with E-state index in [1.807, 2.05) is 24.0 Å². The lowest BCUT2D eigenvalue weighted by molar-refractivity contribution is -0.127. The number of benzene rings is 1. The van der Waals surface area contributed by atoms with Crippen LogP contribution in [0.25, 0.3) is 0 Å². The van der Waals surface area contributed by atoms with E-state index in [2.05, 4.69) is 0 Å². The van der Waals surface area contributed by atoms with Crippen LogP contribution >= 0.6 is 23.8 Å². The fourth-order valence-corrected chi connectivity index (χ4v) is 2.23. The molecule has 0 fully saturated rings. The lowest BCUT2D eigenvalue weighted by Gasteiger charge is -2.26. The van der Waals surface area contributed by atoms with Crippen molar-refractivity contribution in [2.24, 2.45) is 5.73 Å². The number of halogens is 1. The first kappa shape index (κ1) is 15.7. The van der Waals surface area contributed by atoms with Gasteiger partial charge in [0.05, 0.1) is 17.1 Å². The average molecular weight is 300 g/mol. The zero-order chi connectivity index (χ0) is 14.6. The van der Waals surface area contributed by atoms with Gasteiger partial charge < -0.3 is 15.5 Å². The summed E-state index contributed by atoms with van der Waals surface area (Å²) in [6.07, 6.45) is 0. The maximum Gasteiger partial charge on any atom is 0.241 e. The molecule has 0 heterocycles. The number of carbonyl (C=O) groups excluding carboxylic acids is 1. The number of hydrogen-bond donors (Lipinski definition) is 1. The van der Waals surface area contributed by atoms with Crippen LogP contribution in [0.15, 0.2) is 18.2 Å². The number of rotatable bonds is 5. The van der Waals surface area contributed by atoms with Crippen molar-refractivity contribution in [3.05, 3.63) is 28.8 Å². The van der Waals surface area contributed by atoms with Gasteiger partial charge in [0.25, 0.3) is 0 Å². The monoisotopic (exact) mass is 299 g/mol. The van der Waals surface area contributed by atoms with E-state index in [0.29, 0.717) is 17.1 Å². The molecule has 1 rings (SSSR count). The summed E-state index contributed by atoms with van der Waals surface area (Å²) in [5.41, 5.74) is 7.13. The minimum atomic E-state index is 0.00992. The van der Waals surface area contributed by atoms with Crippen molar-refractivity contribution in [3.8, 4) is 0 Å². The SMILES string of the molecule is CCN(CC(=O)N(C)C)c1cccc(Cl)c1C(N)=S. The van der Waals surface area contributed by atoms with Crippen LogP contribution < -0.4 is 10.6 Å². The van der Waals surface area contributed by atoms with Gasteiger partial charge in [-0.1, -0.05) is 29.9 Å². The van der Waals surface area contributed by atoms with Crippen LogP contribution in [0.5, 0.6) is 0 Å². The van der Waals surface area contributed by atoms with Gasteiger partial charge in [-0.3, -0.25) is 4.79 Å². The maximum absolute atomic E-state index is 11.8. The second-order valence-corrected chi connectivity index (χ2v) is 5.15. The van der Waals surface area contributed by atoms with Crippen molar-refractivity contribution in [3.63, 3.8) is 0 Å². The first-order chi connectivity index (χ1) is 8.88. The van der Waals surface area contributed by atoms with E-state index < -0.39 is 0 Å². The second kappa shape index (κ2) is 6.73. The largest absolute Gasteiger partial charge is 0.389 e. The minimum Gasteiger partial charge on any atom is -0.389 e. The van der Waals surface area contributed by atoms with Gasteiger partial charge in [-0.15, -0.1) is 0 Å². The normalized spacial score (nSPS) is 10.1. The number of anilines is 1. The fraction of sp³-hybridized carbons (Fsp3) is 0.385. The molecule has 0 aliphatic rings. The summed E-state index contributed by atoms with van der Waals surface area (Å²) in [5.74, 6) is 0.00992. The Balaban J connectivity index is 3.15. The molecule has 0 aliphatic heterocycles. The summed E-state index contributed by atoms with van der Waals surface area (Å²) in [7, 11) is 3.45. The van der Waals surface area contributed by atoms with Crippen LogP contribution in [0, 0.1) is 0 Å². The molecule has 1 amide bonds. The van der Waals surface area contributed by atoms with Crippen molar-refractivity contribution in [2.45, 2.75) is 6.92 Å². The lowest BCUT2D eigenvalue weighted by Crippen LogP contribution is -2.37. The molecule has 4 nitrogen and oxygen atoms in total. The number of hydrogen-bond acceptors (Lipinski definition) is 3. The lowest BCUT2D eigenvalue weighted by atomic mass is 10.1. The number of nitrogens with zero attached hydrogens (tertiary/aromatic N) is 2. The number of nitrogens with two attached hydrogens (primary N) is 1. The molecule has 0 radical (unpaired) electrons. The number of amides is 1. The Kier molecular flexibility index (Phi) is 5.57. The molecule has 0 bridgehead atoms. The maximum atomic E-state index is 11.8. The highest BCUT2D eigenvalue weighted by molar-refractivity contribution is 7.80. The Hall–Kier alpha value is -1.33. The summed E-state index contributed by atoms with van der Waals surface area (Å²) >= 11 is 11.2. The molecule has 1 aromatic carbocycles. The van der Waals surface area contributed by atoms with Crippen molar-refractivity contribution in [1.82, 2.24) is 4.90 Å². The highest BCUT2D eigenvalue weighted by atomic mass is 35.5. The molecule has 1 aromatic rings. The average Bonchev–Trinajstić information content (AvgIpc) is 2.34. The molecule has 2 N–H and O–H groups in total. The highest BCUT2D eigenvalue weighted by Gasteiger charge is 2.17. The van der Waals surface area contributed by atoms with Crippen LogP contribution in [0.3, 0.4) is 0 Å². The van der Waals surface area contributed by atoms with Gasteiger partial charge in [0, 0.05) is 26.3 Å². The van der Waals surface area contributed by atoms with Gasteiger partial charge in [-0.05, 0) is 19.1 Å². The van der Waals surface area contributed by atoms with Crippen LogP contribution in [0.4, 0.5) is 5.69 Å².